The summed E-state index contributed by atoms with van der Waals surface area (Å²) in [6.07, 6.45) is -1.05. The van der Waals surface area contributed by atoms with Crippen molar-refractivity contribution in [1.29, 1.82) is 0 Å². The molecule has 0 aliphatic rings. The van der Waals surface area contributed by atoms with Crippen molar-refractivity contribution in [1.82, 2.24) is 0 Å². The predicted octanol–water partition coefficient (Wildman–Crippen LogP) is -1.53. The maximum atomic E-state index is 9.24. The summed E-state index contributed by atoms with van der Waals surface area (Å²) in [5.41, 5.74) is -1.55. The Morgan fingerprint density at radius 3 is 2.00 bits per heavy atom. The van der Waals surface area contributed by atoms with Crippen LogP contribution in [-0.2, 0) is 0 Å². The van der Waals surface area contributed by atoms with E-state index in [1.807, 2.05) is 0 Å². The molecular weight excluding hydrogens is 136 g/mol. The maximum absolute atomic E-state index is 9.24. The van der Waals surface area contributed by atoms with Gasteiger partial charge in [0.25, 0.3) is 0 Å². The van der Waals surface area contributed by atoms with E-state index in [0.29, 0.717) is 0 Å². The van der Waals surface area contributed by atoms with Gasteiger partial charge < -0.3 is 20.4 Å². The number of rotatable bonds is 4. The van der Waals surface area contributed by atoms with Crippen LogP contribution in [0.15, 0.2) is 0 Å². The summed E-state index contributed by atoms with van der Waals surface area (Å²) in [5.74, 6) is 0. The van der Waals surface area contributed by atoms with Crippen LogP contribution in [0.2, 0.25) is 0 Å². The van der Waals surface area contributed by atoms with Gasteiger partial charge in [0.15, 0.2) is 0 Å². The first kappa shape index (κ1) is 9.84. The average molecular weight is 150 g/mol. The zero-order chi connectivity index (χ0) is 8.20. The standard InChI is InChI=1S/C6H14O4/c1-2-6(10,4-8)5(9)3-7/h5,7-10H,2-4H2,1H3. The van der Waals surface area contributed by atoms with Gasteiger partial charge in [-0.25, -0.2) is 0 Å². The fraction of sp³-hybridized carbons (Fsp3) is 1.00. The van der Waals surface area contributed by atoms with Gasteiger partial charge in [0.1, 0.15) is 11.7 Å². The Balaban J connectivity index is 4.02. The van der Waals surface area contributed by atoms with Crippen molar-refractivity contribution < 1.29 is 20.4 Å². The first-order valence-electron chi connectivity index (χ1n) is 3.23. The monoisotopic (exact) mass is 150 g/mol. The summed E-state index contributed by atoms with van der Waals surface area (Å²) in [6, 6.07) is 0. The first-order valence-corrected chi connectivity index (χ1v) is 3.23. The van der Waals surface area contributed by atoms with Gasteiger partial charge in [-0.1, -0.05) is 6.92 Å². The Hall–Kier alpha value is -0.160. The van der Waals surface area contributed by atoms with E-state index in [1.54, 1.807) is 6.92 Å². The van der Waals surface area contributed by atoms with Gasteiger partial charge in [-0.2, -0.15) is 0 Å². The SMILES string of the molecule is CCC(O)(CO)C(O)CO. The van der Waals surface area contributed by atoms with Crippen LogP contribution in [0, 0.1) is 0 Å². The molecular formula is C6H14O4. The molecule has 0 fully saturated rings. The maximum Gasteiger partial charge on any atom is 0.115 e. The van der Waals surface area contributed by atoms with Crippen molar-refractivity contribution >= 4 is 0 Å². The van der Waals surface area contributed by atoms with Gasteiger partial charge >= 0.3 is 0 Å². The van der Waals surface area contributed by atoms with E-state index in [0.717, 1.165) is 0 Å². The number of aliphatic hydroxyl groups is 4. The Morgan fingerprint density at radius 1 is 1.40 bits per heavy atom. The Labute approximate surface area is 59.7 Å². The highest BCUT2D eigenvalue weighted by Gasteiger charge is 2.32. The van der Waals surface area contributed by atoms with Gasteiger partial charge in [0.05, 0.1) is 13.2 Å². The fourth-order valence-electron chi connectivity index (χ4n) is 0.623. The molecule has 0 bridgehead atoms. The summed E-state index contributed by atoms with van der Waals surface area (Å²) < 4.78 is 0. The lowest BCUT2D eigenvalue weighted by molar-refractivity contribution is -0.122. The summed E-state index contributed by atoms with van der Waals surface area (Å²) in [7, 11) is 0. The zero-order valence-electron chi connectivity index (χ0n) is 5.99. The zero-order valence-corrected chi connectivity index (χ0v) is 5.99. The van der Waals surface area contributed by atoms with Crippen LogP contribution in [0.25, 0.3) is 0 Å². The molecule has 0 radical (unpaired) electrons. The second kappa shape index (κ2) is 3.88. The lowest BCUT2D eigenvalue weighted by atomic mass is 9.95. The van der Waals surface area contributed by atoms with E-state index in [4.69, 9.17) is 15.3 Å². The summed E-state index contributed by atoms with van der Waals surface area (Å²) in [5, 5.41) is 35.1. The molecule has 4 N–H and O–H groups in total. The minimum atomic E-state index is -1.55. The molecule has 0 saturated heterocycles. The molecule has 0 aromatic rings. The smallest absolute Gasteiger partial charge is 0.115 e. The van der Waals surface area contributed by atoms with E-state index in [9.17, 15) is 5.11 Å². The number of aliphatic hydroxyl groups excluding tert-OH is 3. The topological polar surface area (TPSA) is 80.9 Å². The Morgan fingerprint density at radius 2 is 1.90 bits per heavy atom. The molecule has 62 valence electrons. The van der Waals surface area contributed by atoms with Crippen LogP contribution in [-0.4, -0.2) is 45.3 Å². The van der Waals surface area contributed by atoms with Crippen molar-refractivity contribution in [3.8, 4) is 0 Å². The highest BCUT2D eigenvalue weighted by Crippen LogP contribution is 2.13. The molecule has 4 heteroatoms. The van der Waals surface area contributed by atoms with E-state index in [1.165, 1.54) is 0 Å². The molecule has 0 spiro atoms. The normalized spacial score (nSPS) is 20.1. The van der Waals surface area contributed by atoms with Crippen molar-refractivity contribution in [2.75, 3.05) is 13.2 Å². The molecule has 2 unspecified atom stereocenters. The van der Waals surface area contributed by atoms with Crippen LogP contribution in [0.1, 0.15) is 13.3 Å². The third-order valence-electron chi connectivity index (χ3n) is 1.68. The largest absolute Gasteiger partial charge is 0.394 e. The summed E-state index contributed by atoms with van der Waals surface area (Å²) in [6.45, 7) is 0.547. The van der Waals surface area contributed by atoms with E-state index >= 15 is 0 Å². The van der Waals surface area contributed by atoms with Crippen LogP contribution < -0.4 is 0 Å². The molecule has 0 heterocycles. The predicted molar refractivity (Wildman–Crippen MR) is 35.4 cm³/mol. The van der Waals surface area contributed by atoms with Gasteiger partial charge in [0.2, 0.25) is 0 Å². The summed E-state index contributed by atoms with van der Waals surface area (Å²) in [4.78, 5) is 0. The second-order valence-corrected chi connectivity index (χ2v) is 2.31. The van der Waals surface area contributed by atoms with E-state index in [-0.39, 0.29) is 6.42 Å². The molecule has 0 aliphatic carbocycles. The lowest BCUT2D eigenvalue weighted by Crippen LogP contribution is -2.47. The fourth-order valence-corrected chi connectivity index (χ4v) is 0.623. The molecule has 0 aromatic heterocycles. The highest BCUT2D eigenvalue weighted by molar-refractivity contribution is 4.83. The Kier molecular flexibility index (Phi) is 3.81. The third kappa shape index (κ3) is 1.91. The third-order valence-corrected chi connectivity index (χ3v) is 1.68. The summed E-state index contributed by atoms with van der Waals surface area (Å²) >= 11 is 0. The van der Waals surface area contributed by atoms with Crippen molar-refractivity contribution in [3.05, 3.63) is 0 Å². The van der Waals surface area contributed by atoms with Gasteiger partial charge in [-0.05, 0) is 6.42 Å². The van der Waals surface area contributed by atoms with Crippen molar-refractivity contribution in [3.63, 3.8) is 0 Å². The molecule has 0 rings (SSSR count). The number of hydrogen-bond donors (Lipinski definition) is 4. The second-order valence-electron chi connectivity index (χ2n) is 2.31. The van der Waals surface area contributed by atoms with Crippen LogP contribution in [0.3, 0.4) is 0 Å². The number of hydrogen-bond acceptors (Lipinski definition) is 4. The van der Waals surface area contributed by atoms with Gasteiger partial charge in [-0.3, -0.25) is 0 Å². The van der Waals surface area contributed by atoms with E-state index in [2.05, 4.69) is 0 Å². The van der Waals surface area contributed by atoms with Gasteiger partial charge in [0, 0.05) is 0 Å². The van der Waals surface area contributed by atoms with Crippen LogP contribution in [0.4, 0.5) is 0 Å². The highest BCUT2D eigenvalue weighted by atomic mass is 16.4. The minimum Gasteiger partial charge on any atom is -0.394 e. The molecule has 0 aliphatic heterocycles. The first-order chi connectivity index (χ1) is 4.60. The Bertz CT molecular complexity index is 89.7. The molecule has 0 aromatic carbocycles. The minimum absolute atomic E-state index is 0.214. The molecule has 2 atom stereocenters. The molecule has 4 nitrogen and oxygen atoms in total. The van der Waals surface area contributed by atoms with E-state index < -0.39 is 24.9 Å². The average Bonchev–Trinajstić information content (AvgIpc) is 2.01. The molecule has 0 saturated carbocycles. The lowest BCUT2D eigenvalue weighted by Gasteiger charge is -2.28. The van der Waals surface area contributed by atoms with Crippen LogP contribution in [0.5, 0.6) is 0 Å². The quantitative estimate of drug-likeness (QED) is 0.392. The molecule has 0 amide bonds. The molecule has 10 heavy (non-hydrogen) atoms. The van der Waals surface area contributed by atoms with Crippen molar-refractivity contribution in [2.24, 2.45) is 0 Å². The van der Waals surface area contributed by atoms with Crippen LogP contribution >= 0.6 is 0 Å². The van der Waals surface area contributed by atoms with Gasteiger partial charge in [-0.15, -0.1) is 0 Å². The van der Waals surface area contributed by atoms with Crippen molar-refractivity contribution in [2.45, 2.75) is 25.0 Å².